The van der Waals surface area contributed by atoms with E-state index in [2.05, 4.69) is 15.0 Å². The van der Waals surface area contributed by atoms with Gasteiger partial charge in [0.05, 0.1) is 17.6 Å². The van der Waals surface area contributed by atoms with Gasteiger partial charge in [0.25, 0.3) is 0 Å². The van der Waals surface area contributed by atoms with Gasteiger partial charge in [0, 0.05) is 12.4 Å². The van der Waals surface area contributed by atoms with Crippen molar-refractivity contribution in [1.29, 1.82) is 0 Å². The average molecular weight is 245 g/mol. The molecule has 0 amide bonds. The lowest BCUT2D eigenvalue weighted by molar-refractivity contribution is 1.12. The second-order valence-corrected chi connectivity index (χ2v) is 4.08. The van der Waals surface area contributed by atoms with Gasteiger partial charge in [0.1, 0.15) is 5.65 Å². The van der Waals surface area contributed by atoms with Gasteiger partial charge in [-0.15, -0.1) is 0 Å². The van der Waals surface area contributed by atoms with E-state index in [4.69, 9.17) is 11.6 Å². The van der Waals surface area contributed by atoms with Crippen molar-refractivity contribution in [2.24, 2.45) is 0 Å². The normalized spacial score (nSPS) is 10.9. The molecule has 0 spiro atoms. The van der Waals surface area contributed by atoms with Gasteiger partial charge in [-0.2, -0.15) is 0 Å². The van der Waals surface area contributed by atoms with Crippen molar-refractivity contribution in [2.45, 2.75) is 6.92 Å². The molecule has 17 heavy (non-hydrogen) atoms. The molecule has 0 aliphatic rings. The number of hydrogen-bond acceptors (Lipinski definition) is 3. The Morgan fingerprint density at radius 1 is 1.24 bits per heavy atom. The minimum absolute atomic E-state index is 0.241. The summed E-state index contributed by atoms with van der Waals surface area (Å²) in [7, 11) is 0. The SMILES string of the molecule is Cc1cccn2c(-c3ccnc(Cl)n3)cnc12. The molecule has 3 heterocycles. The molecule has 4 nitrogen and oxygen atoms in total. The number of imidazole rings is 1. The summed E-state index contributed by atoms with van der Waals surface area (Å²) in [6, 6.07) is 5.83. The standard InChI is InChI=1S/C12H9ClN4/c1-8-3-2-6-17-10(7-15-11(8)17)9-4-5-14-12(13)16-9/h2-7H,1H3. The van der Waals surface area contributed by atoms with Gasteiger partial charge in [-0.25, -0.2) is 15.0 Å². The second-order valence-electron chi connectivity index (χ2n) is 3.74. The van der Waals surface area contributed by atoms with Crippen LogP contribution < -0.4 is 0 Å². The van der Waals surface area contributed by atoms with E-state index in [9.17, 15) is 0 Å². The molecule has 0 unspecified atom stereocenters. The topological polar surface area (TPSA) is 43.1 Å². The van der Waals surface area contributed by atoms with Gasteiger partial charge in [-0.3, -0.25) is 4.40 Å². The Labute approximate surface area is 103 Å². The third kappa shape index (κ3) is 1.66. The van der Waals surface area contributed by atoms with Gasteiger partial charge in [0.15, 0.2) is 0 Å². The summed E-state index contributed by atoms with van der Waals surface area (Å²) in [5, 5.41) is 0.241. The van der Waals surface area contributed by atoms with Crippen molar-refractivity contribution < 1.29 is 0 Å². The van der Waals surface area contributed by atoms with Crippen LogP contribution in [0.3, 0.4) is 0 Å². The summed E-state index contributed by atoms with van der Waals surface area (Å²) in [5.74, 6) is 0. The smallest absolute Gasteiger partial charge is 0.222 e. The number of rotatable bonds is 1. The molecular formula is C12H9ClN4. The zero-order valence-electron chi connectivity index (χ0n) is 9.13. The molecule has 0 atom stereocenters. The first kappa shape index (κ1) is 10.2. The van der Waals surface area contributed by atoms with Gasteiger partial charge in [0.2, 0.25) is 5.28 Å². The zero-order valence-corrected chi connectivity index (χ0v) is 9.89. The molecule has 0 aliphatic heterocycles. The number of halogens is 1. The van der Waals surface area contributed by atoms with Crippen LogP contribution in [0.5, 0.6) is 0 Å². The molecule has 3 rings (SSSR count). The molecule has 0 N–H and O–H groups in total. The van der Waals surface area contributed by atoms with E-state index < -0.39 is 0 Å². The molecule has 0 saturated heterocycles. The largest absolute Gasteiger partial charge is 0.298 e. The Bertz CT molecular complexity index is 690. The van der Waals surface area contributed by atoms with Crippen molar-refractivity contribution in [1.82, 2.24) is 19.4 Å². The van der Waals surface area contributed by atoms with Crippen LogP contribution in [0.1, 0.15) is 5.56 Å². The molecule has 3 aromatic heterocycles. The van der Waals surface area contributed by atoms with Crippen LogP contribution in [0.4, 0.5) is 0 Å². The lowest BCUT2D eigenvalue weighted by Crippen LogP contribution is -1.92. The maximum atomic E-state index is 5.79. The maximum absolute atomic E-state index is 5.79. The van der Waals surface area contributed by atoms with Gasteiger partial charge >= 0.3 is 0 Å². The van der Waals surface area contributed by atoms with E-state index in [0.717, 1.165) is 22.6 Å². The lowest BCUT2D eigenvalue weighted by atomic mass is 10.3. The second kappa shape index (κ2) is 3.82. The van der Waals surface area contributed by atoms with Crippen LogP contribution in [0.2, 0.25) is 5.28 Å². The highest BCUT2D eigenvalue weighted by Crippen LogP contribution is 2.20. The van der Waals surface area contributed by atoms with Crippen LogP contribution in [0.15, 0.2) is 36.8 Å². The Hall–Kier alpha value is -1.94. The summed E-state index contributed by atoms with van der Waals surface area (Å²) >= 11 is 5.79. The third-order valence-corrected chi connectivity index (χ3v) is 2.80. The summed E-state index contributed by atoms with van der Waals surface area (Å²) in [5.41, 5.74) is 3.73. The summed E-state index contributed by atoms with van der Waals surface area (Å²) in [4.78, 5) is 12.4. The van der Waals surface area contributed by atoms with E-state index in [-0.39, 0.29) is 5.28 Å². The van der Waals surface area contributed by atoms with E-state index >= 15 is 0 Å². The fraction of sp³-hybridized carbons (Fsp3) is 0.0833. The number of nitrogens with zero attached hydrogens (tertiary/aromatic N) is 4. The van der Waals surface area contributed by atoms with Crippen LogP contribution in [0, 0.1) is 6.92 Å². The Balaban J connectivity index is 2.28. The zero-order chi connectivity index (χ0) is 11.8. The molecule has 5 heteroatoms. The first-order chi connectivity index (χ1) is 8.25. The molecule has 0 aliphatic carbocycles. The van der Waals surface area contributed by atoms with Gasteiger partial charge in [-0.05, 0) is 36.2 Å². The Morgan fingerprint density at radius 3 is 2.94 bits per heavy atom. The van der Waals surface area contributed by atoms with Crippen molar-refractivity contribution in [2.75, 3.05) is 0 Å². The first-order valence-corrected chi connectivity index (χ1v) is 5.55. The number of aromatic nitrogens is 4. The van der Waals surface area contributed by atoms with Gasteiger partial charge in [-0.1, -0.05) is 6.07 Å². The predicted octanol–water partition coefficient (Wildman–Crippen LogP) is 2.75. The summed E-state index contributed by atoms with van der Waals surface area (Å²) < 4.78 is 1.99. The van der Waals surface area contributed by atoms with E-state index in [1.807, 2.05) is 35.7 Å². The van der Waals surface area contributed by atoms with E-state index in [1.165, 1.54) is 0 Å². The van der Waals surface area contributed by atoms with E-state index in [0.29, 0.717) is 0 Å². The fourth-order valence-corrected chi connectivity index (χ4v) is 1.97. The lowest BCUT2D eigenvalue weighted by Gasteiger charge is -2.02. The summed E-state index contributed by atoms with van der Waals surface area (Å²) in [6.07, 6.45) is 5.39. The number of pyridine rings is 1. The molecule has 0 bridgehead atoms. The van der Waals surface area contributed by atoms with Crippen molar-refractivity contribution in [3.05, 3.63) is 47.6 Å². The highest BCUT2D eigenvalue weighted by Gasteiger charge is 2.08. The highest BCUT2D eigenvalue weighted by molar-refractivity contribution is 6.28. The van der Waals surface area contributed by atoms with Crippen LogP contribution in [-0.2, 0) is 0 Å². The third-order valence-electron chi connectivity index (χ3n) is 2.62. The monoisotopic (exact) mass is 244 g/mol. The van der Waals surface area contributed by atoms with Gasteiger partial charge < -0.3 is 0 Å². The molecule has 0 aromatic carbocycles. The van der Waals surface area contributed by atoms with Crippen molar-refractivity contribution in [3.8, 4) is 11.4 Å². The summed E-state index contributed by atoms with van der Waals surface area (Å²) in [6.45, 7) is 2.03. The molecule has 3 aromatic rings. The number of fused-ring (bicyclic) bond motifs is 1. The Kier molecular flexibility index (Phi) is 2.30. The quantitative estimate of drug-likeness (QED) is 0.618. The minimum Gasteiger partial charge on any atom is -0.298 e. The fourth-order valence-electron chi connectivity index (χ4n) is 1.82. The van der Waals surface area contributed by atoms with Crippen molar-refractivity contribution in [3.63, 3.8) is 0 Å². The first-order valence-electron chi connectivity index (χ1n) is 5.17. The highest BCUT2D eigenvalue weighted by atomic mass is 35.5. The molecule has 0 radical (unpaired) electrons. The minimum atomic E-state index is 0.241. The Morgan fingerprint density at radius 2 is 2.12 bits per heavy atom. The predicted molar refractivity (Wildman–Crippen MR) is 66.0 cm³/mol. The number of hydrogen-bond donors (Lipinski definition) is 0. The van der Waals surface area contributed by atoms with E-state index in [1.54, 1.807) is 12.4 Å². The molecule has 0 saturated carbocycles. The molecular weight excluding hydrogens is 236 g/mol. The van der Waals surface area contributed by atoms with Crippen LogP contribution in [0.25, 0.3) is 17.0 Å². The molecule has 0 fully saturated rings. The number of aryl methyl sites for hydroxylation is 1. The molecule has 84 valence electrons. The average Bonchev–Trinajstić information content (AvgIpc) is 2.74. The van der Waals surface area contributed by atoms with Crippen LogP contribution in [-0.4, -0.2) is 19.4 Å². The van der Waals surface area contributed by atoms with Crippen LogP contribution >= 0.6 is 11.6 Å². The maximum Gasteiger partial charge on any atom is 0.222 e. The van der Waals surface area contributed by atoms with Crippen molar-refractivity contribution >= 4 is 17.2 Å².